The van der Waals surface area contributed by atoms with Crippen molar-refractivity contribution in [1.82, 2.24) is 0 Å². The van der Waals surface area contributed by atoms with Gasteiger partial charge in [0.1, 0.15) is 11.5 Å². The molecule has 4 rings (SSSR count). The quantitative estimate of drug-likeness (QED) is 0.101. The molecule has 2 heterocycles. The maximum absolute atomic E-state index is 5.87. The van der Waals surface area contributed by atoms with E-state index in [0.29, 0.717) is 0 Å². The summed E-state index contributed by atoms with van der Waals surface area (Å²) in [6.07, 6.45) is 12.5. The molecule has 0 saturated carbocycles. The molecule has 2 nitrogen and oxygen atoms in total. The molecule has 2 aromatic carbocycles. The molecule has 0 unspecified atom stereocenters. The Morgan fingerprint density at radius 2 is 0.857 bits per heavy atom. The number of rotatable bonds is 15. The zero-order valence-electron chi connectivity index (χ0n) is 25.0. The van der Waals surface area contributed by atoms with Crippen LogP contribution in [-0.2, 0) is 0 Å². The van der Waals surface area contributed by atoms with E-state index in [1.165, 1.54) is 61.1 Å². The van der Waals surface area contributed by atoms with Gasteiger partial charge in [0.2, 0.25) is 0 Å². The number of hydrogen-bond donors (Lipinski definition) is 0. The monoisotopic (exact) mass is 594 g/mol. The molecule has 0 N–H and O–H groups in total. The normalized spacial score (nSPS) is 10.4. The van der Waals surface area contributed by atoms with Crippen LogP contribution in [0.15, 0.2) is 72.8 Å². The van der Waals surface area contributed by atoms with Crippen molar-refractivity contribution in [2.45, 2.75) is 78.1 Å². The van der Waals surface area contributed by atoms with E-state index >= 15 is 0 Å². The standard InChI is InChI=1S/C38H42O2S2/c1-3-5-7-9-11-29-39-33-19-13-31(14-20-33)17-23-35-25-27-37(41-35)38-28-26-36(42-38)24-18-32-15-21-34(22-16-32)40-30-12-10-8-6-4-2/h13-16,19-22,25-28H,3-12,29-30H2,1-2H3. The average molecular weight is 595 g/mol. The minimum absolute atomic E-state index is 0.782. The van der Waals surface area contributed by atoms with Crippen molar-refractivity contribution in [3.8, 4) is 44.9 Å². The third-order valence-corrected chi connectivity index (χ3v) is 9.05. The smallest absolute Gasteiger partial charge is 0.119 e. The zero-order chi connectivity index (χ0) is 29.2. The van der Waals surface area contributed by atoms with Crippen LogP contribution < -0.4 is 9.47 Å². The number of ether oxygens (including phenoxy) is 2. The second-order valence-electron chi connectivity index (χ2n) is 10.4. The van der Waals surface area contributed by atoms with Crippen LogP contribution in [0.3, 0.4) is 0 Å². The van der Waals surface area contributed by atoms with Gasteiger partial charge < -0.3 is 9.47 Å². The van der Waals surface area contributed by atoms with Gasteiger partial charge in [-0.25, -0.2) is 0 Å². The van der Waals surface area contributed by atoms with Crippen molar-refractivity contribution < 1.29 is 9.47 Å². The summed E-state index contributed by atoms with van der Waals surface area (Å²) in [5, 5.41) is 0. The van der Waals surface area contributed by atoms with Gasteiger partial charge in [-0.1, -0.05) is 88.9 Å². The molecule has 0 atom stereocenters. The molecule has 4 heteroatoms. The van der Waals surface area contributed by atoms with Gasteiger partial charge in [0.25, 0.3) is 0 Å². The number of benzene rings is 2. The van der Waals surface area contributed by atoms with Crippen LogP contribution in [-0.4, -0.2) is 13.2 Å². The van der Waals surface area contributed by atoms with Gasteiger partial charge in [0.15, 0.2) is 0 Å². The van der Waals surface area contributed by atoms with E-state index in [1.807, 2.05) is 48.5 Å². The Morgan fingerprint density at radius 1 is 0.452 bits per heavy atom. The Hall–Kier alpha value is -3.44. The summed E-state index contributed by atoms with van der Waals surface area (Å²) in [5.74, 6) is 15.0. The van der Waals surface area contributed by atoms with E-state index in [9.17, 15) is 0 Å². The Balaban J connectivity index is 1.24. The minimum Gasteiger partial charge on any atom is -0.494 e. The average Bonchev–Trinajstić information content (AvgIpc) is 3.70. The fourth-order valence-corrected chi connectivity index (χ4v) is 6.21. The maximum Gasteiger partial charge on any atom is 0.119 e. The van der Waals surface area contributed by atoms with Crippen LogP contribution >= 0.6 is 22.7 Å². The molecule has 0 aliphatic carbocycles. The lowest BCUT2D eigenvalue weighted by Gasteiger charge is -2.05. The highest BCUT2D eigenvalue weighted by molar-refractivity contribution is 7.22. The van der Waals surface area contributed by atoms with Crippen LogP contribution in [0.1, 0.15) is 98.9 Å². The van der Waals surface area contributed by atoms with Crippen molar-refractivity contribution in [1.29, 1.82) is 0 Å². The fraction of sp³-hybridized carbons (Fsp3) is 0.368. The highest BCUT2D eigenvalue weighted by Crippen LogP contribution is 2.33. The lowest BCUT2D eigenvalue weighted by Crippen LogP contribution is -1.97. The molecule has 0 aliphatic heterocycles. The molecule has 0 amide bonds. The molecule has 0 bridgehead atoms. The first-order valence-corrected chi connectivity index (χ1v) is 17.1. The molecule has 0 saturated heterocycles. The first kappa shape index (κ1) is 31.5. The van der Waals surface area contributed by atoms with Gasteiger partial charge in [-0.05, 0) is 85.6 Å². The van der Waals surface area contributed by atoms with Gasteiger partial charge in [-0.15, -0.1) is 22.7 Å². The van der Waals surface area contributed by atoms with Crippen LogP contribution in [0.25, 0.3) is 9.75 Å². The lowest BCUT2D eigenvalue weighted by atomic mass is 10.2. The number of thiophene rings is 2. The first-order chi connectivity index (χ1) is 20.7. The summed E-state index contributed by atoms with van der Waals surface area (Å²) >= 11 is 3.44. The van der Waals surface area contributed by atoms with E-state index in [-0.39, 0.29) is 0 Å². The summed E-state index contributed by atoms with van der Waals surface area (Å²) < 4.78 is 11.7. The SMILES string of the molecule is CCCCCCCOc1ccc(C#Cc2ccc(-c3ccc(C#Cc4ccc(OCCCCCCC)cc4)s3)s2)cc1. The van der Waals surface area contributed by atoms with E-state index < -0.39 is 0 Å². The second kappa shape index (κ2) is 18.2. The molecule has 0 fully saturated rings. The molecular formula is C38H42O2S2. The number of unbranched alkanes of at least 4 members (excludes halogenated alkanes) is 8. The molecular weight excluding hydrogens is 553 g/mol. The zero-order valence-corrected chi connectivity index (χ0v) is 26.7. The summed E-state index contributed by atoms with van der Waals surface area (Å²) in [6.45, 7) is 6.04. The molecule has 2 aromatic heterocycles. The van der Waals surface area contributed by atoms with E-state index in [0.717, 1.165) is 58.4 Å². The third kappa shape index (κ3) is 11.1. The molecule has 42 heavy (non-hydrogen) atoms. The van der Waals surface area contributed by atoms with E-state index in [2.05, 4.69) is 61.8 Å². The molecule has 218 valence electrons. The minimum atomic E-state index is 0.782. The first-order valence-electron chi connectivity index (χ1n) is 15.4. The molecule has 0 spiro atoms. The highest BCUT2D eigenvalue weighted by Gasteiger charge is 2.05. The molecule has 0 radical (unpaired) electrons. The van der Waals surface area contributed by atoms with Gasteiger partial charge in [-0.2, -0.15) is 0 Å². The van der Waals surface area contributed by atoms with Crippen LogP contribution in [0, 0.1) is 23.7 Å². The van der Waals surface area contributed by atoms with Gasteiger partial charge in [0.05, 0.1) is 23.0 Å². The lowest BCUT2D eigenvalue weighted by molar-refractivity contribution is 0.304. The Kier molecular flexibility index (Phi) is 13.6. The highest BCUT2D eigenvalue weighted by atomic mass is 32.1. The summed E-state index contributed by atoms with van der Waals surface area (Å²) in [7, 11) is 0. The Morgan fingerprint density at radius 3 is 1.26 bits per heavy atom. The Bertz CT molecular complexity index is 1340. The van der Waals surface area contributed by atoms with Gasteiger partial charge in [-0.3, -0.25) is 0 Å². The fourth-order valence-electron chi connectivity index (χ4n) is 4.40. The summed E-state index contributed by atoms with van der Waals surface area (Å²) in [5.41, 5.74) is 1.99. The van der Waals surface area contributed by atoms with Crippen LogP contribution in [0.5, 0.6) is 11.5 Å². The predicted molar refractivity (Wildman–Crippen MR) is 181 cm³/mol. The Labute approximate surface area is 261 Å². The van der Waals surface area contributed by atoms with Crippen molar-refractivity contribution in [3.05, 3.63) is 93.7 Å². The topological polar surface area (TPSA) is 18.5 Å². The van der Waals surface area contributed by atoms with Crippen molar-refractivity contribution in [2.75, 3.05) is 13.2 Å². The third-order valence-electron chi connectivity index (χ3n) is 6.86. The largest absolute Gasteiger partial charge is 0.494 e. The van der Waals surface area contributed by atoms with Gasteiger partial charge >= 0.3 is 0 Å². The summed E-state index contributed by atoms with van der Waals surface area (Å²) in [6, 6.07) is 24.7. The maximum atomic E-state index is 5.87. The predicted octanol–water partition coefficient (Wildman–Crippen LogP) is 11.0. The van der Waals surface area contributed by atoms with Gasteiger partial charge in [0, 0.05) is 20.9 Å². The van der Waals surface area contributed by atoms with Crippen LogP contribution in [0.4, 0.5) is 0 Å². The van der Waals surface area contributed by atoms with Crippen molar-refractivity contribution >= 4 is 22.7 Å². The molecule has 4 aromatic rings. The van der Waals surface area contributed by atoms with E-state index in [1.54, 1.807) is 22.7 Å². The van der Waals surface area contributed by atoms with Crippen LogP contribution in [0.2, 0.25) is 0 Å². The molecule has 0 aliphatic rings. The van der Waals surface area contributed by atoms with Crippen molar-refractivity contribution in [2.24, 2.45) is 0 Å². The van der Waals surface area contributed by atoms with E-state index in [4.69, 9.17) is 9.47 Å². The van der Waals surface area contributed by atoms with Crippen molar-refractivity contribution in [3.63, 3.8) is 0 Å². The number of hydrogen-bond acceptors (Lipinski definition) is 4. The second-order valence-corrected chi connectivity index (χ2v) is 12.6. The summed E-state index contributed by atoms with van der Waals surface area (Å²) in [4.78, 5) is 4.55.